The molecule has 0 aromatic heterocycles. The predicted molar refractivity (Wildman–Crippen MR) is 99.7 cm³/mol. The second kappa shape index (κ2) is 6.59. The molecule has 1 N–H and O–H groups in total. The molecular formula is C17H21N3O5S2. The van der Waals surface area contributed by atoms with Crippen LogP contribution in [-0.2, 0) is 24.7 Å². The number of nitrogens with zero attached hydrogens (tertiary/aromatic N) is 2. The summed E-state index contributed by atoms with van der Waals surface area (Å²) in [7, 11) is -6.68. The van der Waals surface area contributed by atoms with Gasteiger partial charge in [0.05, 0.1) is 11.5 Å². The highest BCUT2D eigenvalue weighted by molar-refractivity contribution is 7.91. The highest BCUT2D eigenvalue weighted by Crippen LogP contribution is 2.29. The van der Waals surface area contributed by atoms with E-state index in [1.165, 1.54) is 0 Å². The van der Waals surface area contributed by atoms with Crippen LogP contribution in [0.5, 0.6) is 0 Å². The summed E-state index contributed by atoms with van der Waals surface area (Å²) in [6.07, 6.45) is 1.62. The number of hydrogen-bond acceptors (Lipinski definition) is 6. The highest BCUT2D eigenvalue weighted by Gasteiger charge is 2.35. The van der Waals surface area contributed by atoms with Crippen LogP contribution in [0.1, 0.15) is 24.8 Å². The first kappa shape index (κ1) is 18.4. The minimum atomic E-state index is -3.65. The van der Waals surface area contributed by atoms with Gasteiger partial charge >= 0.3 is 0 Å². The summed E-state index contributed by atoms with van der Waals surface area (Å²) in [4.78, 5) is 14.6. The lowest BCUT2D eigenvalue weighted by Crippen LogP contribution is -2.45. The predicted octanol–water partition coefficient (Wildman–Crippen LogP) is 0.151. The summed E-state index contributed by atoms with van der Waals surface area (Å²) in [5.41, 5.74) is 0.608. The number of amidine groups is 1. The highest BCUT2D eigenvalue weighted by atomic mass is 32.2. The molecule has 3 heterocycles. The normalized spacial score (nSPS) is 26.4. The molecule has 2 fully saturated rings. The van der Waals surface area contributed by atoms with Crippen LogP contribution in [-0.4, -0.2) is 64.1 Å². The fourth-order valence-electron chi connectivity index (χ4n) is 3.90. The Morgan fingerprint density at radius 2 is 1.78 bits per heavy atom. The monoisotopic (exact) mass is 411 g/mol. The molecule has 4 rings (SSSR count). The van der Waals surface area contributed by atoms with Gasteiger partial charge in [-0.1, -0.05) is 12.1 Å². The number of carbonyl (C=O) groups excluding carboxylic acids is 1. The maximum Gasteiger partial charge on any atom is 0.285 e. The number of fused-ring (bicyclic) bond motifs is 1. The molecule has 1 aromatic carbocycles. The second-order valence-electron chi connectivity index (χ2n) is 7.26. The van der Waals surface area contributed by atoms with Crippen molar-refractivity contribution in [2.45, 2.75) is 30.2 Å². The van der Waals surface area contributed by atoms with Gasteiger partial charge in [0.1, 0.15) is 4.90 Å². The van der Waals surface area contributed by atoms with Crippen LogP contribution >= 0.6 is 0 Å². The number of hydrogen-bond donors (Lipinski definition) is 1. The van der Waals surface area contributed by atoms with Gasteiger partial charge in [0.25, 0.3) is 10.0 Å². The Bertz CT molecular complexity index is 1010. The molecule has 1 amide bonds. The van der Waals surface area contributed by atoms with Crippen LogP contribution in [0.2, 0.25) is 0 Å². The molecule has 2 saturated heterocycles. The van der Waals surface area contributed by atoms with Crippen LogP contribution in [0.25, 0.3) is 0 Å². The Morgan fingerprint density at radius 3 is 2.44 bits per heavy atom. The third-order valence-corrected chi connectivity index (χ3v) is 8.45. The first-order valence-corrected chi connectivity index (χ1v) is 12.2. The molecule has 1 aromatic rings. The fraction of sp³-hybridized carbons (Fsp3) is 0.529. The largest absolute Gasteiger partial charge is 0.355 e. The molecule has 146 valence electrons. The standard InChI is InChI=1S/C17H21N3O5S2/c21-17(18-13-7-10-26(22,23)11-13)12-5-8-20(9-6-12)16-14-3-1-2-4-15(14)27(24,25)19-16/h1-4,12-13H,5-11H2,(H,18,21)/t13-/m0/s1. The number of carbonyl (C=O) groups is 1. The van der Waals surface area contributed by atoms with Crippen molar-refractivity contribution in [3.8, 4) is 0 Å². The van der Waals surface area contributed by atoms with E-state index in [2.05, 4.69) is 9.71 Å². The third-order valence-electron chi connectivity index (χ3n) is 5.36. The van der Waals surface area contributed by atoms with Crippen LogP contribution in [0.15, 0.2) is 33.6 Å². The molecule has 3 aliphatic heterocycles. The molecule has 3 aliphatic rings. The van der Waals surface area contributed by atoms with Crippen molar-refractivity contribution in [3.63, 3.8) is 0 Å². The van der Waals surface area contributed by atoms with E-state index in [9.17, 15) is 21.6 Å². The van der Waals surface area contributed by atoms with E-state index < -0.39 is 19.9 Å². The first-order chi connectivity index (χ1) is 12.8. The van der Waals surface area contributed by atoms with Gasteiger partial charge in [-0.25, -0.2) is 8.42 Å². The Balaban J connectivity index is 1.39. The number of nitrogens with one attached hydrogen (secondary N) is 1. The Hall–Kier alpha value is -1.94. The Kier molecular flexibility index (Phi) is 4.50. The maximum atomic E-state index is 12.4. The van der Waals surface area contributed by atoms with Crippen LogP contribution in [0, 0.1) is 5.92 Å². The van der Waals surface area contributed by atoms with Gasteiger partial charge < -0.3 is 10.2 Å². The SMILES string of the molecule is O=C(N[C@H]1CCS(=O)(=O)C1)C1CCN(C2=NS(=O)(=O)c3ccccc32)CC1. The van der Waals surface area contributed by atoms with Crippen molar-refractivity contribution in [1.29, 1.82) is 0 Å². The van der Waals surface area contributed by atoms with Crippen molar-refractivity contribution >= 4 is 31.6 Å². The van der Waals surface area contributed by atoms with Crippen LogP contribution in [0.3, 0.4) is 0 Å². The Labute approximate surface area is 158 Å². The zero-order valence-corrected chi connectivity index (χ0v) is 16.3. The van der Waals surface area contributed by atoms with E-state index in [1.54, 1.807) is 24.3 Å². The molecular weight excluding hydrogens is 390 g/mol. The number of amides is 1. The summed E-state index contributed by atoms with van der Waals surface area (Å²) < 4.78 is 51.4. The third kappa shape index (κ3) is 3.60. The summed E-state index contributed by atoms with van der Waals surface area (Å²) in [6, 6.07) is 6.46. The number of likely N-dealkylation sites (tertiary alicyclic amines) is 1. The van der Waals surface area contributed by atoms with E-state index >= 15 is 0 Å². The van der Waals surface area contributed by atoms with Gasteiger partial charge in [-0.05, 0) is 31.4 Å². The number of benzene rings is 1. The maximum absolute atomic E-state index is 12.4. The molecule has 0 unspecified atom stereocenters. The molecule has 0 spiro atoms. The Morgan fingerprint density at radius 1 is 1.07 bits per heavy atom. The summed E-state index contributed by atoms with van der Waals surface area (Å²) in [6.45, 7) is 1.06. The zero-order valence-electron chi connectivity index (χ0n) is 14.7. The minimum Gasteiger partial charge on any atom is -0.355 e. The van der Waals surface area contributed by atoms with Crippen molar-refractivity contribution in [2.75, 3.05) is 24.6 Å². The lowest BCUT2D eigenvalue weighted by molar-refractivity contribution is -0.126. The molecule has 0 bridgehead atoms. The van der Waals surface area contributed by atoms with Gasteiger partial charge in [0, 0.05) is 30.6 Å². The number of piperidine rings is 1. The second-order valence-corrected chi connectivity index (χ2v) is 11.1. The van der Waals surface area contributed by atoms with Gasteiger partial charge in [0.15, 0.2) is 15.7 Å². The number of sulfonamides is 1. The van der Waals surface area contributed by atoms with E-state index in [1.807, 2.05) is 4.90 Å². The molecule has 27 heavy (non-hydrogen) atoms. The van der Waals surface area contributed by atoms with Crippen molar-refractivity contribution in [1.82, 2.24) is 10.2 Å². The smallest absolute Gasteiger partial charge is 0.285 e. The van der Waals surface area contributed by atoms with E-state index in [0.717, 1.165) is 0 Å². The number of rotatable bonds is 2. The number of sulfone groups is 1. The van der Waals surface area contributed by atoms with Gasteiger partial charge in [-0.2, -0.15) is 8.42 Å². The topological polar surface area (TPSA) is 113 Å². The van der Waals surface area contributed by atoms with Crippen molar-refractivity contribution in [2.24, 2.45) is 10.3 Å². The van der Waals surface area contributed by atoms with Crippen LogP contribution in [0.4, 0.5) is 0 Å². The molecule has 0 radical (unpaired) electrons. The van der Waals surface area contributed by atoms with E-state index in [-0.39, 0.29) is 34.3 Å². The quantitative estimate of drug-likeness (QED) is 0.741. The molecule has 8 nitrogen and oxygen atoms in total. The minimum absolute atomic E-state index is 0.0169. The van der Waals surface area contributed by atoms with Gasteiger partial charge in [-0.3, -0.25) is 4.79 Å². The lowest BCUT2D eigenvalue weighted by Gasteiger charge is -2.33. The molecule has 0 aliphatic carbocycles. The van der Waals surface area contributed by atoms with Crippen molar-refractivity contribution in [3.05, 3.63) is 29.8 Å². The first-order valence-electron chi connectivity index (χ1n) is 8.95. The lowest BCUT2D eigenvalue weighted by atomic mass is 9.95. The fourth-order valence-corrected chi connectivity index (χ4v) is 6.80. The average Bonchev–Trinajstić information content (AvgIpc) is 3.11. The van der Waals surface area contributed by atoms with E-state index in [4.69, 9.17) is 0 Å². The zero-order chi connectivity index (χ0) is 19.2. The molecule has 1 atom stereocenters. The average molecular weight is 412 g/mol. The van der Waals surface area contributed by atoms with E-state index in [0.29, 0.717) is 43.8 Å². The summed E-state index contributed by atoms with van der Waals surface area (Å²) in [5, 5.41) is 2.85. The van der Waals surface area contributed by atoms with Gasteiger partial charge in [0.2, 0.25) is 5.91 Å². The summed E-state index contributed by atoms with van der Waals surface area (Å²) in [5.74, 6) is 0.288. The summed E-state index contributed by atoms with van der Waals surface area (Å²) >= 11 is 0. The van der Waals surface area contributed by atoms with Crippen molar-refractivity contribution < 1.29 is 21.6 Å². The van der Waals surface area contributed by atoms with Gasteiger partial charge in [-0.15, -0.1) is 4.40 Å². The molecule has 10 heteroatoms. The van der Waals surface area contributed by atoms with Crippen LogP contribution < -0.4 is 5.32 Å². The molecule has 0 saturated carbocycles.